The van der Waals surface area contributed by atoms with Crippen LogP contribution in [-0.4, -0.2) is 55.7 Å². The predicted molar refractivity (Wildman–Crippen MR) is 113 cm³/mol. The standard InChI is InChI=1S/C21H30BrClN2O2/c1-27-21(26)25-9-2-3-17(15-25)8-12-24-10-6-16(7-11-24)13-18-14-19(23)4-5-20(18)22/h4-5,14,16-17H,2-3,6-13,15H2,1H3. The van der Waals surface area contributed by atoms with Crippen molar-refractivity contribution in [3.05, 3.63) is 33.3 Å². The van der Waals surface area contributed by atoms with Crippen LogP contribution >= 0.6 is 27.5 Å². The number of nitrogens with zero attached hydrogens (tertiary/aromatic N) is 2. The molecule has 2 aliphatic heterocycles. The molecule has 0 saturated carbocycles. The molecular weight excluding hydrogens is 428 g/mol. The second-order valence-corrected chi connectivity index (χ2v) is 9.23. The van der Waals surface area contributed by atoms with Gasteiger partial charge in [-0.15, -0.1) is 0 Å². The number of carbonyl (C=O) groups excluding carboxylic acids is 1. The lowest BCUT2D eigenvalue weighted by atomic mass is 9.89. The molecule has 1 atom stereocenters. The molecule has 0 aromatic heterocycles. The highest BCUT2D eigenvalue weighted by Gasteiger charge is 2.25. The number of benzene rings is 1. The van der Waals surface area contributed by atoms with E-state index in [-0.39, 0.29) is 6.09 Å². The highest BCUT2D eigenvalue weighted by atomic mass is 79.9. The molecule has 0 aliphatic carbocycles. The van der Waals surface area contributed by atoms with Crippen LogP contribution in [-0.2, 0) is 11.2 Å². The van der Waals surface area contributed by atoms with E-state index in [1.165, 1.54) is 55.9 Å². The molecule has 1 aromatic carbocycles. The third kappa shape index (κ3) is 6.10. The number of piperidine rings is 2. The van der Waals surface area contributed by atoms with E-state index in [0.29, 0.717) is 5.92 Å². The van der Waals surface area contributed by atoms with Gasteiger partial charge in [-0.25, -0.2) is 4.79 Å². The summed E-state index contributed by atoms with van der Waals surface area (Å²) in [6.07, 6.45) is 6.93. The molecule has 3 rings (SSSR count). The van der Waals surface area contributed by atoms with Crippen LogP contribution < -0.4 is 0 Å². The van der Waals surface area contributed by atoms with Crippen molar-refractivity contribution >= 4 is 33.6 Å². The average Bonchev–Trinajstić information content (AvgIpc) is 2.70. The molecule has 0 spiro atoms. The van der Waals surface area contributed by atoms with Gasteiger partial charge < -0.3 is 14.5 Å². The van der Waals surface area contributed by atoms with Crippen molar-refractivity contribution in [1.29, 1.82) is 0 Å². The summed E-state index contributed by atoms with van der Waals surface area (Å²) in [6.45, 7) is 5.19. The second kappa shape index (κ2) is 10.1. The molecule has 150 valence electrons. The third-order valence-corrected chi connectivity index (χ3v) is 7.04. The molecule has 27 heavy (non-hydrogen) atoms. The largest absolute Gasteiger partial charge is 0.453 e. The van der Waals surface area contributed by atoms with Crippen LogP contribution in [0.1, 0.15) is 37.7 Å². The molecule has 2 heterocycles. The summed E-state index contributed by atoms with van der Waals surface area (Å²) >= 11 is 9.80. The monoisotopic (exact) mass is 456 g/mol. The first-order valence-electron chi connectivity index (χ1n) is 10.0. The maximum atomic E-state index is 11.7. The van der Waals surface area contributed by atoms with E-state index in [0.717, 1.165) is 43.4 Å². The van der Waals surface area contributed by atoms with Crippen molar-refractivity contribution < 1.29 is 9.53 Å². The van der Waals surface area contributed by atoms with Crippen molar-refractivity contribution in [1.82, 2.24) is 9.80 Å². The van der Waals surface area contributed by atoms with E-state index in [1.54, 1.807) is 0 Å². The number of rotatable bonds is 5. The van der Waals surface area contributed by atoms with Gasteiger partial charge in [-0.2, -0.15) is 0 Å². The zero-order valence-corrected chi connectivity index (χ0v) is 18.5. The molecule has 2 fully saturated rings. The quantitative estimate of drug-likeness (QED) is 0.607. The first-order valence-corrected chi connectivity index (χ1v) is 11.2. The molecule has 0 radical (unpaired) electrons. The van der Waals surface area contributed by atoms with Crippen molar-refractivity contribution in [2.75, 3.05) is 39.8 Å². The Morgan fingerprint density at radius 1 is 1.22 bits per heavy atom. The van der Waals surface area contributed by atoms with Crippen LogP contribution in [0.3, 0.4) is 0 Å². The van der Waals surface area contributed by atoms with Gasteiger partial charge in [0, 0.05) is 22.6 Å². The summed E-state index contributed by atoms with van der Waals surface area (Å²) in [5, 5.41) is 0.819. The Kier molecular flexibility index (Phi) is 7.86. The number of ether oxygens (including phenoxy) is 1. The van der Waals surface area contributed by atoms with E-state index < -0.39 is 0 Å². The minimum absolute atomic E-state index is 0.173. The fraction of sp³-hybridized carbons (Fsp3) is 0.667. The van der Waals surface area contributed by atoms with Crippen molar-refractivity contribution in [3.8, 4) is 0 Å². The molecule has 0 bridgehead atoms. The lowest BCUT2D eigenvalue weighted by Crippen LogP contribution is -2.41. The Morgan fingerprint density at radius 3 is 2.74 bits per heavy atom. The minimum atomic E-state index is -0.173. The number of hydrogen-bond acceptors (Lipinski definition) is 3. The van der Waals surface area contributed by atoms with Crippen molar-refractivity contribution in [3.63, 3.8) is 0 Å². The first-order chi connectivity index (χ1) is 13.0. The molecule has 0 N–H and O–H groups in total. The second-order valence-electron chi connectivity index (χ2n) is 7.94. The number of hydrogen-bond donors (Lipinski definition) is 0. The molecule has 2 saturated heterocycles. The van der Waals surface area contributed by atoms with Crippen LogP contribution in [0.5, 0.6) is 0 Å². The summed E-state index contributed by atoms with van der Waals surface area (Å²) in [7, 11) is 1.47. The third-order valence-electron chi connectivity index (χ3n) is 6.03. The van der Waals surface area contributed by atoms with Gasteiger partial charge in [-0.1, -0.05) is 27.5 Å². The van der Waals surface area contributed by atoms with Crippen LogP contribution in [0.15, 0.2) is 22.7 Å². The molecule has 1 amide bonds. The molecule has 2 aliphatic rings. The van der Waals surface area contributed by atoms with Gasteiger partial charge in [-0.3, -0.25) is 0 Å². The normalized spacial score (nSPS) is 22.0. The molecule has 1 unspecified atom stereocenters. The van der Waals surface area contributed by atoms with E-state index >= 15 is 0 Å². The summed E-state index contributed by atoms with van der Waals surface area (Å²) in [6, 6.07) is 6.08. The van der Waals surface area contributed by atoms with Gasteiger partial charge in [-0.05, 0) is 93.8 Å². The Balaban J connectivity index is 1.39. The first kappa shape index (κ1) is 20.9. The van der Waals surface area contributed by atoms with Gasteiger partial charge in [0.05, 0.1) is 7.11 Å². The highest BCUT2D eigenvalue weighted by Crippen LogP contribution is 2.28. The summed E-state index contributed by atoms with van der Waals surface area (Å²) in [4.78, 5) is 16.2. The van der Waals surface area contributed by atoms with Gasteiger partial charge in [0.2, 0.25) is 0 Å². The number of methoxy groups -OCH3 is 1. The zero-order valence-electron chi connectivity index (χ0n) is 16.1. The number of halogens is 2. The molecule has 4 nitrogen and oxygen atoms in total. The summed E-state index contributed by atoms with van der Waals surface area (Å²) < 4.78 is 6.04. The SMILES string of the molecule is COC(=O)N1CCCC(CCN2CCC(Cc3cc(Cl)ccc3Br)CC2)C1. The number of likely N-dealkylation sites (tertiary alicyclic amines) is 2. The van der Waals surface area contributed by atoms with Crippen molar-refractivity contribution in [2.24, 2.45) is 11.8 Å². The summed E-state index contributed by atoms with van der Waals surface area (Å²) in [5.74, 6) is 1.35. The Morgan fingerprint density at radius 2 is 2.00 bits per heavy atom. The maximum Gasteiger partial charge on any atom is 0.409 e. The highest BCUT2D eigenvalue weighted by molar-refractivity contribution is 9.10. The van der Waals surface area contributed by atoms with Gasteiger partial charge in [0.1, 0.15) is 0 Å². The Hall–Kier alpha value is -0.780. The maximum absolute atomic E-state index is 11.7. The van der Waals surface area contributed by atoms with Gasteiger partial charge >= 0.3 is 6.09 Å². The fourth-order valence-corrected chi connectivity index (χ4v) is 4.99. The predicted octanol–water partition coefficient (Wildman–Crippen LogP) is 5.23. The number of amides is 1. The number of carbonyl (C=O) groups is 1. The lowest BCUT2D eigenvalue weighted by molar-refractivity contribution is 0.0954. The Labute approximate surface area is 176 Å². The van der Waals surface area contributed by atoms with Crippen LogP contribution in [0.2, 0.25) is 5.02 Å². The summed E-state index contributed by atoms with van der Waals surface area (Å²) in [5.41, 5.74) is 1.33. The van der Waals surface area contributed by atoms with Gasteiger partial charge in [0.15, 0.2) is 0 Å². The van der Waals surface area contributed by atoms with Crippen molar-refractivity contribution in [2.45, 2.75) is 38.5 Å². The van der Waals surface area contributed by atoms with Crippen LogP contribution in [0.4, 0.5) is 4.79 Å². The fourth-order valence-electron chi connectivity index (χ4n) is 4.39. The Bertz CT molecular complexity index is 635. The molecule has 6 heteroatoms. The average molecular weight is 458 g/mol. The molecule has 1 aromatic rings. The van der Waals surface area contributed by atoms with Gasteiger partial charge in [0.25, 0.3) is 0 Å². The van der Waals surface area contributed by atoms with E-state index in [9.17, 15) is 4.79 Å². The van der Waals surface area contributed by atoms with E-state index in [2.05, 4.69) is 33.0 Å². The topological polar surface area (TPSA) is 32.8 Å². The smallest absolute Gasteiger partial charge is 0.409 e. The zero-order chi connectivity index (χ0) is 19.2. The van der Waals surface area contributed by atoms with Crippen LogP contribution in [0.25, 0.3) is 0 Å². The van der Waals surface area contributed by atoms with E-state index in [1.807, 2.05) is 11.0 Å². The van der Waals surface area contributed by atoms with Crippen LogP contribution in [0, 0.1) is 11.8 Å². The van der Waals surface area contributed by atoms with E-state index in [4.69, 9.17) is 16.3 Å². The molecular formula is C21H30BrClN2O2. The lowest BCUT2D eigenvalue weighted by Gasteiger charge is -2.35. The minimum Gasteiger partial charge on any atom is -0.453 e.